The molecule has 2 aliphatic rings. The summed E-state index contributed by atoms with van der Waals surface area (Å²) in [7, 11) is 0. The minimum Gasteiger partial charge on any atom is -0.320 e. The van der Waals surface area contributed by atoms with Gasteiger partial charge in [0.25, 0.3) is 5.91 Å². The van der Waals surface area contributed by atoms with Crippen LogP contribution in [0.15, 0.2) is 30.3 Å². The summed E-state index contributed by atoms with van der Waals surface area (Å²) in [5.41, 5.74) is 0.884. The van der Waals surface area contributed by atoms with Crippen LogP contribution in [0.4, 0.5) is 0 Å². The fourth-order valence-corrected chi connectivity index (χ4v) is 3.21. The van der Waals surface area contributed by atoms with Gasteiger partial charge in [0.1, 0.15) is 6.54 Å². The number of hydrogen-bond donors (Lipinski definition) is 0. The van der Waals surface area contributed by atoms with Crippen LogP contribution < -0.4 is 0 Å². The highest BCUT2D eigenvalue weighted by Crippen LogP contribution is 2.30. The van der Waals surface area contributed by atoms with Crippen LogP contribution in [0, 0.1) is 0 Å². The Morgan fingerprint density at radius 2 is 2.00 bits per heavy atom. The number of aromatic nitrogens is 2. The predicted molar refractivity (Wildman–Crippen MR) is 81.1 cm³/mol. The second kappa shape index (κ2) is 5.17. The van der Waals surface area contributed by atoms with Crippen molar-refractivity contribution >= 4 is 23.3 Å². The summed E-state index contributed by atoms with van der Waals surface area (Å²) in [6.07, 6.45) is 2.09. The van der Waals surface area contributed by atoms with Gasteiger partial charge in [0.15, 0.2) is 5.82 Å². The van der Waals surface area contributed by atoms with Crippen molar-refractivity contribution in [3.63, 3.8) is 0 Å². The maximum atomic E-state index is 12.5. The first-order chi connectivity index (χ1) is 10.7. The van der Waals surface area contributed by atoms with E-state index in [1.807, 2.05) is 30.3 Å². The molecule has 0 spiro atoms. The zero-order valence-corrected chi connectivity index (χ0v) is 12.6. The third-order valence-electron chi connectivity index (χ3n) is 3.89. The topological polar surface area (TPSA) is 66.4 Å². The van der Waals surface area contributed by atoms with E-state index < -0.39 is 0 Å². The lowest BCUT2D eigenvalue weighted by Gasteiger charge is -2.16. The van der Waals surface area contributed by atoms with Gasteiger partial charge in [-0.25, -0.2) is 4.98 Å². The van der Waals surface area contributed by atoms with Crippen LogP contribution in [-0.4, -0.2) is 50.2 Å². The second-order valence-corrected chi connectivity index (χ2v) is 6.28. The molecule has 2 heterocycles. The Hall–Kier alpha value is -2.28. The number of benzene rings is 1. The number of carbonyl (C=O) groups excluding carboxylic acids is 2. The molecule has 0 N–H and O–H groups in total. The van der Waals surface area contributed by atoms with E-state index in [0.29, 0.717) is 23.5 Å². The van der Waals surface area contributed by atoms with E-state index in [4.69, 9.17) is 0 Å². The van der Waals surface area contributed by atoms with Crippen molar-refractivity contribution in [1.29, 1.82) is 0 Å². The molecule has 1 aromatic carbocycles. The zero-order chi connectivity index (χ0) is 15.1. The van der Waals surface area contributed by atoms with Crippen molar-refractivity contribution in [2.45, 2.75) is 18.9 Å². The molecular formula is C15H14N4O2S. The Bertz CT molecular complexity index is 726. The average molecular weight is 314 g/mol. The molecule has 0 unspecified atom stereocenters. The van der Waals surface area contributed by atoms with Crippen LogP contribution >= 0.6 is 11.5 Å². The van der Waals surface area contributed by atoms with Crippen molar-refractivity contribution in [3.8, 4) is 11.4 Å². The third-order valence-corrected chi connectivity index (χ3v) is 4.59. The fourth-order valence-electron chi connectivity index (χ4n) is 2.56. The lowest BCUT2D eigenvalue weighted by atomic mass is 10.2. The normalized spacial score (nSPS) is 18.1. The van der Waals surface area contributed by atoms with Crippen molar-refractivity contribution in [2.75, 3.05) is 13.2 Å². The van der Waals surface area contributed by atoms with Crippen molar-refractivity contribution < 1.29 is 9.59 Å². The lowest BCUT2D eigenvalue weighted by molar-refractivity contribution is -0.127. The predicted octanol–water partition coefficient (Wildman–Crippen LogP) is 1.61. The average Bonchev–Trinajstić information content (AvgIpc) is 3.13. The first-order valence-corrected chi connectivity index (χ1v) is 7.97. The standard InChI is InChI=1S/C15H14N4O2S/c20-12-8-18(9-19(12)11-6-7-11)15(21)14-16-13(17-22-14)10-4-2-1-3-5-10/h1-5,11H,6-9H2. The van der Waals surface area contributed by atoms with E-state index in [-0.39, 0.29) is 18.4 Å². The Morgan fingerprint density at radius 1 is 1.23 bits per heavy atom. The van der Waals surface area contributed by atoms with Crippen LogP contribution in [-0.2, 0) is 4.79 Å². The van der Waals surface area contributed by atoms with E-state index in [9.17, 15) is 9.59 Å². The Morgan fingerprint density at radius 3 is 2.73 bits per heavy atom. The number of amides is 2. The molecule has 1 aliphatic carbocycles. The molecule has 1 saturated carbocycles. The molecule has 1 aromatic heterocycles. The molecule has 112 valence electrons. The third kappa shape index (κ3) is 2.37. The first-order valence-electron chi connectivity index (χ1n) is 7.20. The maximum Gasteiger partial charge on any atom is 0.286 e. The molecule has 4 rings (SSSR count). The number of carbonyl (C=O) groups is 2. The van der Waals surface area contributed by atoms with E-state index in [1.54, 1.807) is 9.80 Å². The highest BCUT2D eigenvalue weighted by molar-refractivity contribution is 7.07. The van der Waals surface area contributed by atoms with E-state index >= 15 is 0 Å². The smallest absolute Gasteiger partial charge is 0.286 e. The molecule has 2 aromatic rings. The van der Waals surface area contributed by atoms with Gasteiger partial charge in [-0.1, -0.05) is 30.3 Å². The van der Waals surface area contributed by atoms with Gasteiger partial charge in [0.2, 0.25) is 10.9 Å². The summed E-state index contributed by atoms with van der Waals surface area (Å²) >= 11 is 1.08. The second-order valence-electron chi connectivity index (χ2n) is 5.53. The van der Waals surface area contributed by atoms with Crippen LogP contribution in [0.2, 0.25) is 0 Å². The highest BCUT2D eigenvalue weighted by atomic mass is 32.1. The van der Waals surface area contributed by atoms with Gasteiger partial charge in [0.05, 0.1) is 6.67 Å². The molecule has 1 aliphatic heterocycles. The number of rotatable bonds is 3. The van der Waals surface area contributed by atoms with E-state index in [1.165, 1.54) is 0 Å². The highest BCUT2D eigenvalue weighted by Gasteiger charge is 2.40. The summed E-state index contributed by atoms with van der Waals surface area (Å²) in [5.74, 6) is 0.373. The van der Waals surface area contributed by atoms with E-state index in [0.717, 1.165) is 29.9 Å². The van der Waals surface area contributed by atoms with Crippen molar-refractivity contribution in [1.82, 2.24) is 19.2 Å². The zero-order valence-electron chi connectivity index (χ0n) is 11.8. The van der Waals surface area contributed by atoms with Gasteiger partial charge in [0, 0.05) is 11.6 Å². The summed E-state index contributed by atoms with van der Waals surface area (Å²) in [4.78, 5) is 32.1. The number of nitrogens with zero attached hydrogens (tertiary/aromatic N) is 4. The molecule has 2 amide bonds. The van der Waals surface area contributed by atoms with Gasteiger partial charge in [-0.15, -0.1) is 0 Å². The van der Waals surface area contributed by atoms with E-state index in [2.05, 4.69) is 9.36 Å². The Kier molecular flexibility index (Phi) is 3.15. The summed E-state index contributed by atoms with van der Waals surface area (Å²) in [6, 6.07) is 9.88. The van der Waals surface area contributed by atoms with Gasteiger partial charge >= 0.3 is 0 Å². The summed E-state index contributed by atoms with van der Waals surface area (Å²) in [5, 5.41) is 0.337. The first kappa shape index (κ1) is 13.4. The largest absolute Gasteiger partial charge is 0.320 e. The summed E-state index contributed by atoms with van der Waals surface area (Å²) in [6.45, 7) is 0.526. The molecule has 22 heavy (non-hydrogen) atoms. The summed E-state index contributed by atoms with van der Waals surface area (Å²) < 4.78 is 4.25. The van der Waals surface area contributed by atoms with Gasteiger partial charge in [-0.05, 0) is 24.4 Å². The molecule has 2 fully saturated rings. The van der Waals surface area contributed by atoms with Gasteiger partial charge in [-0.3, -0.25) is 9.59 Å². The van der Waals surface area contributed by atoms with Crippen LogP contribution in [0.3, 0.4) is 0 Å². The SMILES string of the molecule is O=C(c1nc(-c2ccccc2)ns1)N1CC(=O)N(C2CC2)C1. The monoisotopic (exact) mass is 314 g/mol. The molecular weight excluding hydrogens is 300 g/mol. The molecule has 0 radical (unpaired) electrons. The Balaban J connectivity index is 1.52. The van der Waals surface area contributed by atoms with Crippen LogP contribution in [0.1, 0.15) is 22.6 Å². The van der Waals surface area contributed by atoms with Crippen molar-refractivity contribution in [2.24, 2.45) is 0 Å². The lowest BCUT2D eigenvalue weighted by Crippen LogP contribution is -2.32. The fraction of sp³-hybridized carbons (Fsp3) is 0.333. The van der Waals surface area contributed by atoms with Gasteiger partial charge < -0.3 is 9.80 Å². The minimum atomic E-state index is -0.212. The molecule has 7 heteroatoms. The maximum absolute atomic E-state index is 12.5. The molecule has 0 atom stereocenters. The number of hydrogen-bond acceptors (Lipinski definition) is 5. The molecule has 1 saturated heterocycles. The van der Waals surface area contributed by atoms with Crippen LogP contribution in [0.25, 0.3) is 11.4 Å². The molecule has 0 bridgehead atoms. The van der Waals surface area contributed by atoms with Crippen LogP contribution in [0.5, 0.6) is 0 Å². The Labute approximate surface area is 131 Å². The quantitative estimate of drug-likeness (QED) is 0.863. The van der Waals surface area contributed by atoms with Gasteiger partial charge in [-0.2, -0.15) is 4.37 Å². The minimum absolute atomic E-state index is 0.0312. The molecule has 6 nitrogen and oxygen atoms in total. The van der Waals surface area contributed by atoms with Crippen molar-refractivity contribution in [3.05, 3.63) is 35.3 Å².